The van der Waals surface area contributed by atoms with Gasteiger partial charge in [-0.2, -0.15) is 5.26 Å². The zero-order valence-electron chi connectivity index (χ0n) is 13.7. The van der Waals surface area contributed by atoms with Gasteiger partial charge in [0.25, 0.3) is 5.56 Å². The lowest BCUT2D eigenvalue weighted by Gasteiger charge is -2.15. The number of pyridine rings is 1. The number of H-pyrrole nitrogens is 1. The fourth-order valence-electron chi connectivity index (χ4n) is 2.32. The zero-order valence-corrected chi connectivity index (χ0v) is 13.7. The van der Waals surface area contributed by atoms with Crippen molar-refractivity contribution in [2.75, 3.05) is 6.61 Å². The Kier molecular flexibility index (Phi) is 5.35. The Morgan fingerprint density at radius 3 is 2.58 bits per heavy atom. The fourth-order valence-corrected chi connectivity index (χ4v) is 2.32. The van der Waals surface area contributed by atoms with Crippen molar-refractivity contribution in [3.63, 3.8) is 0 Å². The van der Waals surface area contributed by atoms with Crippen LogP contribution in [-0.4, -0.2) is 11.6 Å². The number of hydrogen-bond acceptors (Lipinski definition) is 3. The molecule has 0 amide bonds. The number of nitrogens with one attached hydrogen (secondary N) is 1. The molecule has 0 atom stereocenters. The number of ether oxygens (including phenoxy) is 1. The molecule has 0 fully saturated rings. The van der Waals surface area contributed by atoms with Gasteiger partial charge < -0.3 is 9.72 Å². The molecule has 126 valence electrons. The Balaban J connectivity index is 2.62. The summed E-state index contributed by atoms with van der Waals surface area (Å²) in [5.74, 6) is -1.47. The summed E-state index contributed by atoms with van der Waals surface area (Å²) in [4.78, 5) is 14.4. The predicted molar refractivity (Wildman–Crippen MR) is 86.8 cm³/mol. The van der Waals surface area contributed by atoms with E-state index in [9.17, 15) is 18.8 Å². The van der Waals surface area contributed by atoms with Gasteiger partial charge in [0.15, 0.2) is 11.6 Å². The Hall–Kier alpha value is -2.68. The van der Waals surface area contributed by atoms with Crippen LogP contribution >= 0.6 is 0 Å². The number of aryl methyl sites for hydroxylation is 1. The second-order valence-corrected chi connectivity index (χ2v) is 5.98. The molecule has 24 heavy (non-hydrogen) atoms. The van der Waals surface area contributed by atoms with E-state index in [0.29, 0.717) is 18.0 Å². The van der Waals surface area contributed by atoms with Crippen LogP contribution in [0.1, 0.15) is 31.5 Å². The molecule has 0 spiro atoms. The smallest absolute Gasteiger partial charge is 0.266 e. The minimum Gasteiger partial charge on any atom is -0.490 e. The van der Waals surface area contributed by atoms with Crippen molar-refractivity contribution >= 4 is 0 Å². The van der Waals surface area contributed by atoms with Gasteiger partial charge in [-0.1, -0.05) is 13.8 Å². The molecule has 1 aromatic carbocycles. The Morgan fingerprint density at radius 1 is 1.25 bits per heavy atom. The summed E-state index contributed by atoms with van der Waals surface area (Å²) < 4.78 is 33.4. The Labute approximate surface area is 138 Å². The molecule has 4 nitrogen and oxygen atoms in total. The number of hydrogen-bond donors (Lipinski definition) is 1. The molecule has 0 aliphatic rings. The second kappa shape index (κ2) is 7.26. The maximum atomic E-state index is 14.2. The van der Waals surface area contributed by atoms with Gasteiger partial charge in [0.1, 0.15) is 17.4 Å². The first kappa shape index (κ1) is 17.7. The maximum absolute atomic E-state index is 14.2. The van der Waals surface area contributed by atoms with Gasteiger partial charge in [0, 0.05) is 22.9 Å². The highest BCUT2D eigenvalue weighted by molar-refractivity contribution is 5.76. The lowest BCUT2D eigenvalue weighted by Crippen LogP contribution is -2.13. The first-order valence-corrected chi connectivity index (χ1v) is 7.59. The third-order valence-electron chi connectivity index (χ3n) is 3.52. The number of rotatable bonds is 5. The van der Waals surface area contributed by atoms with Crippen LogP contribution in [0.25, 0.3) is 11.1 Å². The van der Waals surface area contributed by atoms with Crippen LogP contribution in [0.3, 0.4) is 0 Å². The number of aromatic nitrogens is 1. The molecule has 0 unspecified atom stereocenters. The monoisotopic (exact) mass is 332 g/mol. The van der Waals surface area contributed by atoms with Crippen molar-refractivity contribution < 1.29 is 13.5 Å². The molecule has 2 rings (SSSR count). The number of benzene rings is 1. The molecule has 6 heteroatoms. The van der Waals surface area contributed by atoms with E-state index in [4.69, 9.17) is 4.74 Å². The average molecular weight is 332 g/mol. The molecule has 0 aliphatic heterocycles. The number of aromatic amines is 1. The van der Waals surface area contributed by atoms with E-state index in [-0.39, 0.29) is 29.0 Å². The molecule has 0 aliphatic carbocycles. The summed E-state index contributed by atoms with van der Waals surface area (Å²) in [5, 5.41) is 9.23. The molecule has 0 bridgehead atoms. The highest BCUT2D eigenvalue weighted by Crippen LogP contribution is 2.35. The van der Waals surface area contributed by atoms with Crippen LogP contribution in [0, 0.1) is 35.8 Å². The summed E-state index contributed by atoms with van der Waals surface area (Å²) in [6.07, 6.45) is 0.690. The summed E-state index contributed by atoms with van der Waals surface area (Å²) in [6, 6.07) is 5.08. The lowest BCUT2D eigenvalue weighted by molar-refractivity contribution is 0.277. The highest BCUT2D eigenvalue weighted by atomic mass is 19.1. The largest absolute Gasteiger partial charge is 0.490 e. The minimum atomic E-state index is -0.865. The van der Waals surface area contributed by atoms with Crippen LogP contribution in [0.4, 0.5) is 8.78 Å². The Morgan fingerprint density at radius 2 is 1.96 bits per heavy atom. The molecule has 2 aromatic rings. The average Bonchev–Trinajstić information content (AvgIpc) is 2.48. The molecular weight excluding hydrogens is 314 g/mol. The van der Waals surface area contributed by atoms with Crippen LogP contribution in [0.15, 0.2) is 23.0 Å². The lowest BCUT2D eigenvalue weighted by atomic mass is 9.99. The summed E-state index contributed by atoms with van der Waals surface area (Å²) in [5.41, 5.74) is -0.130. The predicted octanol–water partition coefficient (Wildman–Crippen LogP) is 3.93. The molecule has 1 N–H and O–H groups in total. The third-order valence-corrected chi connectivity index (χ3v) is 3.52. The highest BCUT2D eigenvalue weighted by Gasteiger charge is 2.19. The van der Waals surface area contributed by atoms with Gasteiger partial charge >= 0.3 is 0 Å². The van der Waals surface area contributed by atoms with Crippen molar-refractivity contribution in [1.29, 1.82) is 5.26 Å². The van der Waals surface area contributed by atoms with E-state index < -0.39 is 17.2 Å². The summed E-state index contributed by atoms with van der Waals surface area (Å²) in [7, 11) is 0. The normalized spacial score (nSPS) is 10.7. The van der Waals surface area contributed by atoms with E-state index in [1.807, 2.05) is 13.8 Å². The fraction of sp³-hybridized carbons (Fsp3) is 0.333. The molecule has 1 heterocycles. The molecule has 0 radical (unpaired) electrons. The second-order valence-electron chi connectivity index (χ2n) is 5.98. The van der Waals surface area contributed by atoms with Crippen molar-refractivity contribution in [1.82, 2.24) is 4.98 Å². The molecule has 0 saturated carbocycles. The third kappa shape index (κ3) is 3.80. The number of halogens is 2. The van der Waals surface area contributed by atoms with Crippen LogP contribution in [0.2, 0.25) is 0 Å². The SMILES string of the molecule is Cc1cc(-c2cc(F)cc(F)c2OCCC(C)C)c(C#N)c(=O)[nH]1. The first-order chi connectivity index (χ1) is 11.3. The van der Waals surface area contributed by atoms with Gasteiger partial charge in [-0.3, -0.25) is 4.79 Å². The zero-order chi connectivity index (χ0) is 17.9. The van der Waals surface area contributed by atoms with Gasteiger partial charge in [0.2, 0.25) is 0 Å². The molecule has 1 aromatic heterocycles. The van der Waals surface area contributed by atoms with Crippen molar-refractivity contribution in [3.05, 3.63) is 51.4 Å². The van der Waals surface area contributed by atoms with Crippen LogP contribution in [0.5, 0.6) is 5.75 Å². The van der Waals surface area contributed by atoms with Crippen LogP contribution in [-0.2, 0) is 0 Å². The minimum absolute atomic E-state index is 0.0574. The van der Waals surface area contributed by atoms with Crippen molar-refractivity contribution in [2.24, 2.45) is 5.92 Å². The summed E-state index contributed by atoms with van der Waals surface area (Å²) >= 11 is 0. The topological polar surface area (TPSA) is 65.9 Å². The standard InChI is InChI=1S/C18H18F2N2O2/c1-10(2)4-5-24-17-14(7-12(19)8-16(17)20)13-6-11(3)22-18(23)15(13)9-21/h6-8,10H,4-5H2,1-3H3,(H,22,23). The van der Waals surface area contributed by atoms with Crippen molar-refractivity contribution in [3.8, 4) is 22.9 Å². The molecule has 0 saturated heterocycles. The van der Waals surface area contributed by atoms with E-state index >= 15 is 0 Å². The Bertz CT molecular complexity index is 851. The number of nitriles is 1. The van der Waals surface area contributed by atoms with E-state index in [1.165, 1.54) is 6.07 Å². The van der Waals surface area contributed by atoms with Gasteiger partial charge in [0.05, 0.1) is 6.61 Å². The maximum Gasteiger partial charge on any atom is 0.266 e. The van der Waals surface area contributed by atoms with Gasteiger partial charge in [-0.15, -0.1) is 0 Å². The van der Waals surface area contributed by atoms with E-state index in [0.717, 1.165) is 12.1 Å². The van der Waals surface area contributed by atoms with Gasteiger partial charge in [-0.05, 0) is 31.4 Å². The van der Waals surface area contributed by atoms with Gasteiger partial charge in [-0.25, -0.2) is 8.78 Å². The van der Waals surface area contributed by atoms with Crippen molar-refractivity contribution in [2.45, 2.75) is 27.2 Å². The number of nitrogens with zero attached hydrogens (tertiary/aromatic N) is 1. The van der Waals surface area contributed by atoms with E-state index in [2.05, 4.69) is 4.98 Å². The van der Waals surface area contributed by atoms with E-state index in [1.54, 1.807) is 13.0 Å². The quantitative estimate of drug-likeness (QED) is 0.902. The van der Waals surface area contributed by atoms with Crippen LogP contribution < -0.4 is 10.3 Å². The first-order valence-electron chi connectivity index (χ1n) is 7.59. The summed E-state index contributed by atoms with van der Waals surface area (Å²) in [6.45, 7) is 5.87. The molecular formula is C18H18F2N2O2.